The van der Waals surface area contributed by atoms with Crippen LogP contribution in [-0.2, 0) is 4.74 Å². The smallest absolute Gasteiger partial charge is 0.129 e. The summed E-state index contributed by atoms with van der Waals surface area (Å²) >= 11 is 5.72. The van der Waals surface area contributed by atoms with Crippen molar-refractivity contribution in [2.24, 2.45) is 0 Å². The minimum atomic E-state index is -0.119. The van der Waals surface area contributed by atoms with Crippen LogP contribution in [0.5, 0.6) is 0 Å². The van der Waals surface area contributed by atoms with Crippen LogP contribution in [0.2, 0.25) is 5.15 Å². The number of ether oxygens (including phenoxy) is 1. The third-order valence-electron chi connectivity index (χ3n) is 2.49. The Hall–Kier alpha value is -0.800. The molecule has 1 rings (SSSR count). The van der Waals surface area contributed by atoms with Crippen LogP contribution < -0.4 is 5.32 Å². The molecule has 1 N–H and O–H groups in total. The molecule has 0 saturated heterocycles. The molecule has 90 valence electrons. The van der Waals surface area contributed by atoms with E-state index in [0.29, 0.717) is 11.2 Å². The van der Waals surface area contributed by atoms with E-state index >= 15 is 0 Å². The highest BCUT2D eigenvalue weighted by Gasteiger charge is 2.19. The second kappa shape index (κ2) is 5.51. The molecule has 0 amide bonds. The van der Waals surface area contributed by atoms with Crippen molar-refractivity contribution in [1.29, 1.82) is 0 Å². The molecule has 0 bridgehead atoms. The lowest BCUT2D eigenvalue weighted by molar-refractivity contribution is 0.0128. The summed E-state index contributed by atoms with van der Waals surface area (Å²) in [5.74, 6) is 0. The molecule has 1 aromatic heterocycles. The molecule has 1 unspecified atom stereocenters. The first-order valence-corrected chi connectivity index (χ1v) is 5.74. The van der Waals surface area contributed by atoms with Crippen molar-refractivity contribution in [3.8, 4) is 0 Å². The predicted octanol–water partition coefficient (Wildman–Crippen LogP) is 3.35. The van der Waals surface area contributed by atoms with E-state index in [0.717, 1.165) is 12.1 Å². The number of methoxy groups -OCH3 is 1. The summed E-state index contributed by atoms with van der Waals surface area (Å²) in [7, 11) is 1.73. The molecular weight excluding hydrogens is 224 g/mol. The standard InChI is InChI=1S/C12H19ClN2O/c1-9(7-12(2,3)16-4)15-10-5-6-11(13)14-8-10/h5-6,8-9,15H,7H2,1-4H3. The van der Waals surface area contributed by atoms with Crippen LogP contribution in [0.15, 0.2) is 18.3 Å². The van der Waals surface area contributed by atoms with Gasteiger partial charge in [-0.3, -0.25) is 0 Å². The van der Waals surface area contributed by atoms with Crippen LogP contribution in [0.25, 0.3) is 0 Å². The van der Waals surface area contributed by atoms with Crippen LogP contribution >= 0.6 is 11.6 Å². The van der Waals surface area contributed by atoms with Crippen LogP contribution in [0.4, 0.5) is 5.69 Å². The van der Waals surface area contributed by atoms with Gasteiger partial charge in [0.2, 0.25) is 0 Å². The first-order valence-electron chi connectivity index (χ1n) is 5.36. The molecular formula is C12H19ClN2O. The number of nitrogens with zero attached hydrogens (tertiary/aromatic N) is 1. The molecule has 4 heteroatoms. The average molecular weight is 243 g/mol. The van der Waals surface area contributed by atoms with Crippen molar-refractivity contribution in [3.63, 3.8) is 0 Å². The Morgan fingerprint density at radius 2 is 2.19 bits per heavy atom. The third-order valence-corrected chi connectivity index (χ3v) is 2.71. The number of aromatic nitrogens is 1. The molecule has 1 heterocycles. The molecule has 3 nitrogen and oxygen atoms in total. The van der Waals surface area contributed by atoms with E-state index < -0.39 is 0 Å². The second-order valence-electron chi connectivity index (χ2n) is 4.58. The summed E-state index contributed by atoms with van der Waals surface area (Å²) < 4.78 is 5.39. The molecule has 0 saturated carbocycles. The van der Waals surface area contributed by atoms with Gasteiger partial charge in [0, 0.05) is 13.2 Å². The normalized spacial score (nSPS) is 13.6. The number of halogens is 1. The van der Waals surface area contributed by atoms with Gasteiger partial charge in [-0.25, -0.2) is 4.98 Å². The van der Waals surface area contributed by atoms with Crippen molar-refractivity contribution in [2.45, 2.75) is 38.8 Å². The summed E-state index contributed by atoms with van der Waals surface area (Å²) in [5, 5.41) is 3.87. The van der Waals surface area contributed by atoms with Gasteiger partial charge in [-0.05, 0) is 39.3 Å². The highest BCUT2D eigenvalue weighted by atomic mass is 35.5. The number of rotatable bonds is 5. The summed E-state index contributed by atoms with van der Waals surface area (Å²) in [4.78, 5) is 4.02. The Kier molecular flexibility index (Phi) is 4.56. The molecule has 1 atom stereocenters. The average Bonchev–Trinajstić information content (AvgIpc) is 2.21. The van der Waals surface area contributed by atoms with Gasteiger partial charge in [-0.2, -0.15) is 0 Å². The van der Waals surface area contributed by atoms with Crippen LogP contribution in [0.1, 0.15) is 27.2 Å². The fourth-order valence-electron chi connectivity index (χ4n) is 1.62. The number of pyridine rings is 1. The van der Waals surface area contributed by atoms with Gasteiger partial charge in [0.15, 0.2) is 0 Å². The summed E-state index contributed by atoms with van der Waals surface area (Å²) in [5.41, 5.74) is 0.857. The van der Waals surface area contributed by atoms with E-state index in [4.69, 9.17) is 16.3 Å². The maximum absolute atomic E-state index is 5.72. The van der Waals surface area contributed by atoms with Gasteiger partial charge in [0.05, 0.1) is 17.5 Å². The van der Waals surface area contributed by atoms with Crippen LogP contribution in [0, 0.1) is 0 Å². The van der Waals surface area contributed by atoms with Gasteiger partial charge in [-0.1, -0.05) is 11.6 Å². The predicted molar refractivity (Wildman–Crippen MR) is 68.0 cm³/mol. The Balaban J connectivity index is 2.51. The van der Waals surface area contributed by atoms with Crippen molar-refractivity contribution in [3.05, 3.63) is 23.5 Å². The Bertz CT molecular complexity index is 324. The zero-order valence-corrected chi connectivity index (χ0v) is 11.0. The highest BCUT2D eigenvalue weighted by molar-refractivity contribution is 6.29. The van der Waals surface area contributed by atoms with Crippen molar-refractivity contribution in [1.82, 2.24) is 4.98 Å². The largest absolute Gasteiger partial charge is 0.381 e. The Labute approximate surface area is 102 Å². The summed E-state index contributed by atoms with van der Waals surface area (Å²) in [6.07, 6.45) is 2.66. The topological polar surface area (TPSA) is 34.1 Å². The van der Waals surface area contributed by atoms with E-state index in [1.54, 1.807) is 19.4 Å². The van der Waals surface area contributed by atoms with Crippen LogP contribution in [-0.4, -0.2) is 23.7 Å². The van der Waals surface area contributed by atoms with Gasteiger partial charge in [-0.15, -0.1) is 0 Å². The van der Waals surface area contributed by atoms with Crippen LogP contribution in [0.3, 0.4) is 0 Å². The summed E-state index contributed by atoms with van der Waals surface area (Å²) in [6.45, 7) is 6.27. The highest BCUT2D eigenvalue weighted by Crippen LogP contribution is 2.18. The zero-order chi connectivity index (χ0) is 12.2. The van der Waals surface area contributed by atoms with Gasteiger partial charge in [0.25, 0.3) is 0 Å². The maximum Gasteiger partial charge on any atom is 0.129 e. The number of hydrogen-bond acceptors (Lipinski definition) is 3. The van der Waals surface area contributed by atoms with E-state index in [1.165, 1.54) is 0 Å². The number of hydrogen-bond donors (Lipinski definition) is 1. The zero-order valence-electron chi connectivity index (χ0n) is 10.2. The number of nitrogens with one attached hydrogen (secondary N) is 1. The van der Waals surface area contributed by atoms with E-state index in [1.807, 2.05) is 6.07 Å². The van der Waals surface area contributed by atoms with Crippen molar-refractivity contribution < 1.29 is 4.74 Å². The molecule has 0 spiro atoms. The van der Waals surface area contributed by atoms with E-state index in [9.17, 15) is 0 Å². The third kappa shape index (κ3) is 4.37. The molecule has 0 aliphatic carbocycles. The molecule has 16 heavy (non-hydrogen) atoms. The lowest BCUT2D eigenvalue weighted by Gasteiger charge is -2.27. The minimum Gasteiger partial charge on any atom is -0.381 e. The first-order chi connectivity index (χ1) is 7.43. The Morgan fingerprint density at radius 1 is 1.50 bits per heavy atom. The lowest BCUT2D eigenvalue weighted by atomic mass is 10.00. The second-order valence-corrected chi connectivity index (χ2v) is 4.97. The fraction of sp³-hybridized carbons (Fsp3) is 0.583. The van der Waals surface area contributed by atoms with Gasteiger partial charge < -0.3 is 10.1 Å². The van der Waals surface area contributed by atoms with Gasteiger partial charge in [0.1, 0.15) is 5.15 Å². The SMILES string of the molecule is COC(C)(C)CC(C)Nc1ccc(Cl)nc1. The first kappa shape index (κ1) is 13.3. The number of anilines is 1. The fourth-order valence-corrected chi connectivity index (χ4v) is 1.73. The molecule has 0 fully saturated rings. The van der Waals surface area contributed by atoms with Crippen molar-refractivity contribution in [2.75, 3.05) is 12.4 Å². The van der Waals surface area contributed by atoms with Crippen molar-refractivity contribution >= 4 is 17.3 Å². The van der Waals surface area contributed by atoms with E-state index in [-0.39, 0.29) is 5.60 Å². The lowest BCUT2D eigenvalue weighted by Crippen LogP contribution is -2.31. The summed E-state index contributed by atoms with van der Waals surface area (Å²) in [6, 6.07) is 4.02. The minimum absolute atomic E-state index is 0.119. The quantitative estimate of drug-likeness (QED) is 0.804. The monoisotopic (exact) mass is 242 g/mol. The van der Waals surface area contributed by atoms with E-state index in [2.05, 4.69) is 31.1 Å². The molecule has 0 radical (unpaired) electrons. The maximum atomic E-state index is 5.72. The Morgan fingerprint density at radius 3 is 2.69 bits per heavy atom. The molecule has 1 aromatic rings. The molecule has 0 aliphatic rings. The molecule has 0 aliphatic heterocycles. The van der Waals surface area contributed by atoms with Gasteiger partial charge >= 0.3 is 0 Å². The molecule has 0 aromatic carbocycles.